The van der Waals surface area contributed by atoms with Crippen LogP contribution in [0.15, 0.2) is 12.1 Å². The van der Waals surface area contributed by atoms with Gasteiger partial charge in [0.1, 0.15) is 5.75 Å². The molecule has 17 heavy (non-hydrogen) atoms. The zero-order chi connectivity index (χ0) is 12.5. The molecule has 1 saturated heterocycles. The number of methoxy groups -OCH3 is 1. The first-order valence-electron chi connectivity index (χ1n) is 6.22. The average molecular weight is 254 g/mol. The molecule has 0 aromatic heterocycles. The van der Waals surface area contributed by atoms with Crippen LogP contribution in [0.1, 0.15) is 37.8 Å². The molecule has 1 fully saturated rings. The van der Waals surface area contributed by atoms with Crippen molar-refractivity contribution in [1.29, 1.82) is 0 Å². The fourth-order valence-corrected chi connectivity index (χ4v) is 2.93. The van der Waals surface area contributed by atoms with E-state index in [-0.39, 0.29) is 5.54 Å². The number of ether oxygens (including phenoxy) is 1. The number of aryl methyl sites for hydroxylation is 1. The van der Waals surface area contributed by atoms with Gasteiger partial charge in [0.25, 0.3) is 0 Å². The molecule has 0 saturated carbocycles. The smallest absolute Gasteiger partial charge is 0.127 e. The Kier molecular flexibility index (Phi) is 3.64. The Morgan fingerprint density at radius 2 is 2.24 bits per heavy atom. The summed E-state index contributed by atoms with van der Waals surface area (Å²) in [6.07, 6.45) is 3.27. The van der Waals surface area contributed by atoms with E-state index in [1.54, 1.807) is 7.11 Å². The minimum atomic E-state index is 0.000162. The van der Waals surface area contributed by atoms with Gasteiger partial charge >= 0.3 is 0 Å². The van der Waals surface area contributed by atoms with E-state index in [4.69, 9.17) is 16.3 Å². The second-order valence-corrected chi connectivity index (χ2v) is 5.30. The molecule has 0 spiro atoms. The number of hydrogen-bond donors (Lipinski definition) is 1. The molecular weight excluding hydrogens is 234 g/mol. The van der Waals surface area contributed by atoms with Crippen LogP contribution in [-0.2, 0) is 12.0 Å². The van der Waals surface area contributed by atoms with Gasteiger partial charge in [-0.15, -0.1) is 0 Å². The topological polar surface area (TPSA) is 21.3 Å². The van der Waals surface area contributed by atoms with E-state index in [0.29, 0.717) is 0 Å². The van der Waals surface area contributed by atoms with Gasteiger partial charge < -0.3 is 10.1 Å². The van der Waals surface area contributed by atoms with Crippen LogP contribution in [0.5, 0.6) is 5.75 Å². The summed E-state index contributed by atoms with van der Waals surface area (Å²) in [6, 6.07) is 4.04. The van der Waals surface area contributed by atoms with Crippen molar-refractivity contribution in [3.8, 4) is 5.75 Å². The molecule has 2 nitrogen and oxygen atoms in total. The zero-order valence-electron chi connectivity index (χ0n) is 10.8. The first-order valence-corrected chi connectivity index (χ1v) is 6.60. The standard InChI is InChI=1S/C14H20ClNO/c1-4-10-8-11(15)9-12(13(10)17-3)14(2)6-5-7-16-14/h8-9,16H,4-7H2,1-3H3. The molecule has 0 amide bonds. The van der Waals surface area contributed by atoms with E-state index in [1.165, 1.54) is 17.5 Å². The van der Waals surface area contributed by atoms with Crippen molar-refractivity contribution in [1.82, 2.24) is 5.32 Å². The highest BCUT2D eigenvalue weighted by atomic mass is 35.5. The fourth-order valence-electron chi connectivity index (χ4n) is 2.69. The van der Waals surface area contributed by atoms with Crippen LogP contribution in [0.2, 0.25) is 5.02 Å². The SMILES string of the molecule is CCc1cc(Cl)cc(C2(C)CCCN2)c1OC. The minimum absolute atomic E-state index is 0.000162. The maximum atomic E-state index is 6.21. The lowest BCUT2D eigenvalue weighted by molar-refractivity contribution is 0.367. The molecule has 2 rings (SSSR count). The summed E-state index contributed by atoms with van der Waals surface area (Å²) in [4.78, 5) is 0. The number of rotatable bonds is 3. The first-order chi connectivity index (χ1) is 8.10. The highest BCUT2D eigenvalue weighted by Gasteiger charge is 2.33. The van der Waals surface area contributed by atoms with Gasteiger partial charge in [0.05, 0.1) is 7.11 Å². The molecule has 1 aromatic carbocycles. The lowest BCUT2D eigenvalue weighted by Gasteiger charge is -2.28. The van der Waals surface area contributed by atoms with E-state index in [0.717, 1.165) is 30.2 Å². The van der Waals surface area contributed by atoms with E-state index in [9.17, 15) is 0 Å². The summed E-state index contributed by atoms with van der Waals surface area (Å²) in [6.45, 7) is 5.42. The van der Waals surface area contributed by atoms with Crippen molar-refractivity contribution in [2.45, 2.75) is 38.6 Å². The molecule has 1 aliphatic rings. The van der Waals surface area contributed by atoms with Crippen molar-refractivity contribution in [3.63, 3.8) is 0 Å². The third-order valence-electron chi connectivity index (χ3n) is 3.68. The molecule has 1 N–H and O–H groups in total. The molecule has 94 valence electrons. The number of nitrogens with one attached hydrogen (secondary N) is 1. The molecule has 0 radical (unpaired) electrons. The Balaban J connectivity index is 2.55. The van der Waals surface area contributed by atoms with Gasteiger partial charge in [-0.05, 0) is 50.4 Å². The zero-order valence-corrected chi connectivity index (χ0v) is 11.5. The third-order valence-corrected chi connectivity index (χ3v) is 3.90. The van der Waals surface area contributed by atoms with Gasteiger partial charge in [0.15, 0.2) is 0 Å². The molecule has 1 unspecified atom stereocenters. The quantitative estimate of drug-likeness (QED) is 0.890. The Bertz CT molecular complexity index is 411. The van der Waals surface area contributed by atoms with Gasteiger partial charge in [-0.2, -0.15) is 0 Å². The summed E-state index contributed by atoms with van der Waals surface area (Å²) in [5.74, 6) is 0.994. The summed E-state index contributed by atoms with van der Waals surface area (Å²) >= 11 is 6.21. The normalized spacial score (nSPS) is 24.0. The van der Waals surface area contributed by atoms with Crippen LogP contribution >= 0.6 is 11.6 Å². The molecule has 0 aliphatic carbocycles. The van der Waals surface area contributed by atoms with Crippen LogP contribution in [0.3, 0.4) is 0 Å². The maximum Gasteiger partial charge on any atom is 0.127 e. The second-order valence-electron chi connectivity index (χ2n) is 4.86. The molecule has 3 heteroatoms. The molecule has 1 atom stereocenters. The van der Waals surface area contributed by atoms with Gasteiger partial charge in [-0.3, -0.25) is 0 Å². The molecule has 1 aromatic rings. The van der Waals surface area contributed by atoms with Gasteiger partial charge in [-0.1, -0.05) is 18.5 Å². The van der Waals surface area contributed by atoms with Crippen molar-refractivity contribution < 1.29 is 4.74 Å². The number of benzene rings is 1. The third kappa shape index (κ3) is 2.29. The highest BCUT2D eigenvalue weighted by molar-refractivity contribution is 6.30. The van der Waals surface area contributed by atoms with Crippen molar-refractivity contribution in [2.24, 2.45) is 0 Å². The first kappa shape index (κ1) is 12.7. The summed E-state index contributed by atoms with van der Waals surface area (Å²) in [7, 11) is 1.74. The van der Waals surface area contributed by atoms with E-state index >= 15 is 0 Å². The largest absolute Gasteiger partial charge is 0.496 e. The van der Waals surface area contributed by atoms with E-state index < -0.39 is 0 Å². The maximum absolute atomic E-state index is 6.21. The average Bonchev–Trinajstić information content (AvgIpc) is 2.76. The Hall–Kier alpha value is -0.730. The van der Waals surface area contributed by atoms with Crippen LogP contribution in [0.4, 0.5) is 0 Å². The summed E-state index contributed by atoms with van der Waals surface area (Å²) < 4.78 is 5.60. The van der Waals surface area contributed by atoms with Crippen LogP contribution in [0, 0.1) is 0 Å². The molecule has 1 heterocycles. The van der Waals surface area contributed by atoms with Gasteiger partial charge in [0, 0.05) is 16.1 Å². The number of halogens is 1. The highest BCUT2D eigenvalue weighted by Crippen LogP contribution is 2.40. The molecule has 1 aliphatic heterocycles. The second kappa shape index (κ2) is 4.87. The van der Waals surface area contributed by atoms with Gasteiger partial charge in [-0.25, -0.2) is 0 Å². The fraction of sp³-hybridized carbons (Fsp3) is 0.571. The van der Waals surface area contributed by atoms with Crippen molar-refractivity contribution in [2.75, 3.05) is 13.7 Å². The lowest BCUT2D eigenvalue weighted by atomic mass is 9.88. The van der Waals surface area contributed by atoms with Crippen LogP contribution in [0.25, 0.3) is 0 Å². The van der Waals surface area contributed by atoms with Crippen LogP contribution < -0.4 is 10.1 Å². The predicted molar refractivity (Wildman–Crippen MR) is 72.0 cm³/mol. The van der Waals surface area contributed by atoms with E-state index in [2.05, 4.69) is 19.2 Å². The monoisotopic (exact) mass is 253 g/mol. The Morgan fingerprint density at radius 1 is 1.47 bits per heavy atom. The minimum Gasteiger partial charge on any atom is -0.496 e. The molecular formula is C14H20ClNO. The van der Waals surface area contributed by atoms with Crippen LogP contribution in [-0.4, -0.2) is 13.7 Å². The predicted octanol–water partition coefficient (Wildman–Crippen LogP) is 3.51. The van der Waals surface area contributed by atoms with Gasteiger partial charge in [0.2, 0.25) is 0 Å². The molecule has 0 bridgehead atoms. The lowest BCUT2D eigenvalue weighted by Crippen LogP contribution is -2.33. The van der Waals surface area contributed by atoms with Crippen molar-refractivity contribution >= 4 is 11.6 Å². The summed E-state index contributed by atoms with van der Waals surface area (Å²) in [5, 5.41) is 4.36. The van der Waals surface area contributed by atoms with Crippen molar-refractivity contribution in [3.05, 3.63) is 28.3 Å². The summed E-state index contributed by atoms with van der Waals surface area (Å²) in [5.41, 5.74) is 2.38. The Labute approximate surface area is 108 Å². The Morgan fingerprint density at radius 3 is 2.76 bits per heavy atom. The van der Waals surface area contributed by atoms with E-state index in [1.807, 2.05) is 12.1 Å². The number of hydrogen-bond acceptors (Lipinski definition) is 2.